The molecule has 0 aliphatic carbocycles. The number of hydrogen-bond donors (Lipinski definition) is 1. The predicted molar refractivity (Wildman–Crippen MR) is 102 cm³/mol. The van der Waals surface area contributed by atoms with Crippen LogP contribution in [0.15, 0.2) is 53.9 Å². The quantitative estimate of drug-likeness (QED) is 0.711. The van der Waals surface area contributed by atoms with Crippen LogP contribution in [0.5, 0.6) is 5.75 Å². The molecule has 1 heterocycles. The SMILES string of the molecule is CC(C)Oc1ccc(C(=O)Nc2nc(-c3ccc(C#N)cc3)cs2)cc1. The lowest BCUT2D eigenvalue weighted by atomic mass is 10.1. The number of nitrogens with zero attached hydrogens (tertiary/aromatic N) is 2. The molecule has 3 aromatic rings. The molecule has 0 saturated heterocycles. The largest absolute Gasteiger partial charge is 0.491 e. The number of thiazole rings is 1. The van der Waals surface area contributed by atoms with Gasteiger partial charge in [-0.05, 0) is 50.2 Å². The van der Waals surface area contributed by atoms with Crippen molar-refractivity contribution in [3.05, 3.63) is 65.0 Å². The van der Waals surface area contributed by atoms with E-state index in [1.807, 2.05) is 31.4 Å². The van der Waals surface area contributed by atoms with Gasteiger partial charge in [-0.15, -0.1) is 11.3 Å². The minimum atomic E-state index is -0.221. The number of carbonyl (C=O) groups is 1. The van der Waals surface area contributed by atoms with Crippen LogP contribution in [-0.4, -0.2) is 17.0 Å². The van der Waals surface area contributed by atoms with Gasteiger partial charge in [-0.3, -0.25) is 10.1 Å². The number of benzene rings is 2. The fraction of sp³-hybridized carbons (Fsp3) is 0.150. The van der Waals surface area contributed by atoms with Gasteiger partial charge in [0.2, 0.25) is 0 Å². The Morgan fingerprint density at radius 2 is 1.85 bits per heavy atom. The summed E-state index contributed by atoms with van der Waals surface area (Å²) in [5.74, 6) is 0.510. The Hall–Kier alpha value is -3.17. The van der Waals surface area contributed by atoms with Crippen LogP contribution in [-0.2, 0) is 0 Å². The molecule has 3 rings (SSSR count). The average molecular weight is 363 g/mol. The highest BCUT2D eigenvalue weighted by molar-refractivity contribution is 7.14. The van der Waals surface area contributed by atoms with Crippen LogP contribution >= 0.6 is 11.3 Å². The van der Waals surface area contributed by atoms with Crippen molar-refractivity contribution in [3.8, 4) is 23.1 Å². The molecule has 0 bridgehead atoms. The third-order valence-corrected chi connectivity index (χ3v) is 4.28. The first-order valence-corrected chi connectivity index (χ1v) is 8.97. The molecule has 1 aromatic heterocycles. The monoisotopic (exact) mass is 363 g/mol. The maximum atomic E-state index is 12.4. The van der Waals surface area contributed by atoms with Crippen LogP contribution < -0.4 is 10.1 Å². The Kier molecular flexibility index (Phi) is 5.30. The van der Waals surface area contributed by atoms with E-state index in [1.165, 1.54) is 11.3 Å². The summed E-state index contributed by atoms with van der Waals surface area (Å²) in [4.78, 5) is 16.8. The van der Waals surface area contributed by atoms with Gasteiger partial charge in [-0.2, -0.15) is 5.26 Å². The lowest BCUT2D eigenvalue weighted by molar-refractivity contribution is 0.102. The van der Waals surface area contributed by atoms with Gasteiger partial charge in [0.25, 0.3) is 5.91 Å². The Labute approximate surface area is 155 Å². The second kappa shape index (κ2) is 7.81. The Bertz CT molecular complexity index is 938. The van der Waals surface area contributed by atoms with Gasteiger partial charge in [0.15, 0.2) is 5.13 Å². The van der Waals surface area contributed by atoms with Crippen LogP contribution in [0, 0.1) is 11.3 Å². The lowest BCUT2D eigenvalue weighted by Gasteiger charge is -2.09. The normalized spacial score (nSPS) is 10.4. The number of nitriles is 1. The first-order chi connectivity index (χ1) is 12.5. The van der Waals surface area contributed by atoms with Crippen LogP contribution in [0.4, 0.5) is 5.13 Å². The zero-order chi connectivity index (χ0) is 18.5. The molecule has 0 spiro atoms. The van der Waals surface area contributed by atoms with Crippen LogP contribution in [0.2, 0.25) is 0 Å². The average Bonchev–Trinajstić information content (AvgIpc) is 3.10. The van der Waals surface area contributed by atoms with Gasteiger partial charge >= 0.3 is 0 Å². The van der Waals surface area contributed by atoms with Gasteiger partial charge in [0.05, 0.1) is 23.4 Å². The number of anilines is 1. The summed E-state index contributed by atoms with van der Waals surface area (Å²) in [5.41, 5.74) is 2.80. The van der Waals surface area contributed by atoms with Crippen LogP contribution in [0.25, 0.3) is 11.3 Å². The number of nitrogens with one attached hydrogen (secondary N) is 1. The minimum absolute atomic E-state index is 0.0886. The van der Waals surface area contributed by atoms with Crippen molar-refractivity contribution in [1.82, 2.24) is 4.98 Å². The molecule has 0 radical (unpaired) electrons. The maximum Gasteiger partial charge on any atom is 0.257 e. The van der Waals surface area contributed by atoms with Gasteiger partial charge in [-0.1, -0.05) is 12.1 Å². The number of aromatic nitrogens is 1. The summed E-state index contributed by atoms with van der Waals surface area (Å²) < 4.78 is 5.57. The van der Waals surface area contributed by atoms with Crippen LogP contribution in [0.1, 0.15) is 29.8 Å². The van der Waals surface area contributed by atoms with Crippen molar-refractivity contribution in [3.63, 3.8) is 0 Å². The minimum Gasteiger partial charge on any atom is -0.491 e. The molecule has 0 atom stereocenters. The first kappa shape index (κ1) is 17.6. The van der Waals surface area contributed by atoms with Crippen LogP contribution in [0.3, 0.4) is 0 Å². The van der Waals surface area contributed by atoms with Crippen molar-refractivity contribution in [1.29, 1.82) is 5.26 Å². The standard InChI is InChI=1S/C20H17N3O2S/c1-13(2)25-17-9-7-16(8-10-17)19(24)23-20-22-18(12-26-20)15-5-3-14(11-21)4-6-15/h3-10,12-13H,1-2H3,(H,22,23,24). The highest BCUT2D eigenvalue weighted by Crippen LogP contribution is 2.25. The van der Waals surface area contributed by atoms with Gasteiger partial charge < -0.3 is 4.74 Å². The summed E-state index contributed by atoms with van der Waals surface area (Å²) >= 11 is 1.36. The summed E-state index contributed by atoms with van der Waals surface area (Å²) in [6.45, 7) is 3.91. The summed E-state index contributed by atoms with van der Waals surface area (Å²) in [6.07, 6.45) is 0.0886. The first-order valence-electron chi connectivity index (χ1n) is 8.09. The number of hydrogen-bond acceptors (Lipinski definition) is 5. The topological polar surface area (TPSA) is 75.0 Å². The smallest absolute Gasteiger partial charge is 0.257 e. The molecule has 0 unspecified atom stereocenters. The van der Waals surface area contributed by atoms with E-state index in [2.05, 4.69) is 16.4 Å². The lowest BCUT2D eigenvalue weighted by Crippen LogP contribution is -2.12. The van der Waals surface area contributed by atoms with E-state index in [1.54, 1.807) is 36.4 Å². The second-order valence-electron chi connectivity index (χ2n) is 5.87. The van der Waals surface area contributed by atoms with Gasteiger partial charge in [0, 0.05) is 16.5 Å². The summed E-state index contributed by atoms with van der Waals surface area (Å²) in [7, 11) is 0. The second-order valence-corrected chi connectivity index (χ2v) is 6.73. The molecule has 0 fully saturated rings. The fourth-order valence-corrected chi connectivity index (χ4v) is 3.02. The van der Waals surface area contributed by atoms with Gasteiger partial charge in [0.1, 0.15) is 5.75 Å². The molecule has 26 heavy (non-hydrogen) atoms. The number of amides is 1. The van der Waals surface area contributed by atoms with Crippen molar-refractivity contribution in [2.24, 2.45) is 0 Å². The van der Waals surface area contributed by atoms with Crippen molar-refractivity contribution in [2.45, 2.75) is 20.0 Å². The highest BCUT2D eigenvalue weighted by atomic mass is 32.1. The zero-order valence-corrected chi connectivity index (χ0v) is 15.2. The third kappa shape index (κ3) is 4.26. The Balaban J connectivity index is 1.68. The van der Waals surface area contributed by atoms with E-state index in [0.29, 0.717) is 16.3 Å². The van der Waals surface area contributed by atoms with Crippen molar-refractivity contribution < 1.29 is 9.53 Å². The molecular formula is C20H17N3O2S. The molecular weight excluding hydrogens is 346 g/mol. The molecule has 5 nitrogen and oxygen atoms in total. The highest BCUT2D eigenvalue weighted by Gasteiger charge is 2.10. The molecule has 0 aliphatic heterocycles. The number of ether oxygens (including phenoxy) is 1. The molecule has 1 N–H and O–H groups in total. The summed E-state index contributed by atoms with van der Waals surface area (Å²) in [5, 5.41) is 14.1. The van der Waals surface area contributed by atoms with E-state index >= 15 is 0 Å². The Morgan fingerprint density at radius 3 is 2.46 bits per heavy atom. The van der Waals surface area contributed by atoms with E-state index in [-0.39, 0.29) is 12.0 Å². The molecule has 0 saturated carbocycles. The van der Waals surface area contributed by atoms with E-state index < -0.39 is 0 Å². The molecule has 2 aromatic carbocycles. The van der Waals surface area contributed by atoms with E-state index in [4.69, 9.17) is 10.00 Å². The fourth-order valence-electron chi connectivity index (χ4n) is 2.31. The molecule has 0 aliphatic rings. The van der Waals surface area contributed by atoms with Crippen molar-refractivity contribution in [2.75, 3.05) is 5.32 Å². The van der Waals surface area contributed by atoms with E-state index in [9.17, 15) is 4.79 Å². The van der Waals surface area contributed by atoms with E-state index in [0.717, 1.165) is 17.0 Å². The number of carbonyl (C=O) groups excluding carboxylic acids is 1. The zero-order valence-electron chi connectivity index (χ0n) is 14.4. The maximum absolute atomic E-state index is 12.4. The molecule has 1 amide bonds. The Morgan fingerprint density at radius 1 is 1.15 bits per heavy atom. The number of rotatable bonds is 5. The van der Waals surface area contributed by atoms with Crippen molar-refractivity contribution >= 4 is 22.4 Å². The predicted octanol–water partition coefficient (Wildman–Crippen LogP) is 4.72. The molecule has 6 heteroatoms. The molecule has 130 valence electrons. The third-order valence-electron chi connectivity index (χ3n) is 3.52. The summed E-state index contributed by atoms with van der Waals surface area (Å²) in [6, 6.07) is 16.3. The van der Waals surface area contributed by atoms with Gasteiger partial charge in [-0.25, -0.2) is 4.98 Å².